The van der Waals surface area contributed by atoms with Crippen LogP contribution in [0.15, 0.2) is 30.3 Å². The number of hydrogen-bond acceptors (Lipinski definition) is 5. The normalized spacial score (nSPS) is 20.4. The molecule has 1 aliphatic rings. The van der Waals surface area contributed by atoms with Gasteiger partial charge in [-0.2, -0.15) is 0 Å². The van der Waals surface area contributed by atoms with E-state index in [4.69, 9.17) is 5.11 Å². The van der Waals surface area contributed by atoms with Gasteiger partial charge in [0.2, 0.25) is 5.91 Å². The molecule has 1 heterocycles. The maximum absolute atomic E-state index is 12.6. The van der Waals surface area contributed by atoms with Gasteiger partial charge in [0.15, 0.2) is 0 Å². The minimum absolute atomic E-state index is 0.0809. The zero-order valence-electron chi connectivity index (χ0n) is 11.3. The van der Waals surface area contributed by atoms with Crippen LogP contribution in [-0.2, 0) is 4.79 Å². The summed E-state index contributed by atoms with van der Waals surface area (Å²) in [5.74, 6) is -0.101. The molecule has 0 aromatic heterocycles. The van der Waals surface area contributed by atoms with Gasteiger partial charge < -0.3 is 25.7 Å². The van der Waals surface area contributed by atoms with Gasteiger partial charge in [-0.1, -0.05) is 18.2 Å². The van der Waals surface area contributed by atoms with Crippen molar-refractivity contribution in [1.29, 1.82) is 0 Å². The number of carbonyl (C=O) groups is 1. The minimum atomic E-state index is -0.948. The van der Waals surface area contributed by atoms with Crippen molar-refractivity contribution in [3.63, 3.8) is 0 Å². The van der Waals surface area contributed by atoms with Crippen LogP contribution in [0.1, 0.15) is 0 Å². The van der Waals surface area contributed by atoms with Crippen LogP contribution in [0.2, 0.25) is 0 Å². The van der Waals surface area contributed by atoms with Crippen LogP contribution in [0.5, 0.6) is 0 Å². The highest BCUT2D eigenvalue weighted by atomic mass is 16.3. The molecule has 0 bridgehead atoms. The Bertz CT molecular complexity index is 421. The first-order valence-electron chi connectivity index (χ1n) is 6.82. The van der Waals surface area contributed by atoms with Gasteiger partial charge in [-0.05, 0) is 12.1 Å². The molecule has 2 rings (SSSR count). The fourth-order valence-corrected chi connectivity index (χ4v) is 2.22. The average molecular weight is 279 g/mol. The number of rotatable bonds is 5. The topological polar surface area (TPSA) is 84.8 Å². The highest BCUT2D eigenvalue weighted by molar-refractivity contribution is 5.97. The average Bonchev–Trinajstić information content (AvgIpc) is 2.53. The molecule has 1 aromatic rings. The first-order valence-corrected chi connectivity index (χ1v) is 6.82. The summed E-state index contributed by atoms with van der Waals surface area (Å²) >= 11 is 0. The number of nitrogens with zero attached hydrogens (tertiary/aromatic N) is 1. The minimum Gasteiger partial charge on any atom is -0.394 e. The number of nitrogens with one attached hydrogen (secondary N) is 2. The number of anilines is 1. The van der Waals surface area contributed by atoms with E-state index >= 15 is 0 Å². The van der Waals surface area contributed by atoms with Gasteiger partial charge in [0.05, 0.1) is 25.3 Å². The number of aliphatic hydroxyl groups excluding tert-OH is 2. The number of benzene rings is 1. The largest absolute Gasteiger partial charge is 0.394 e. The monoisotopic (exact) mass is 279 g/mol. The van der Waals surface area contributed by atoms with Gasteiger partial charge in [0.1, 0.15) is 0 Å². The summed E-state index contributed by atoms with van der Waals surface area (Å²) in [6.07, 6.45) is -0.948. The number of amides is 1. The van der Waals surface area contributed by atoms with E-state index in [0.717, 1.165) is 18.8 Å². The molecule has 2 unspecified atom stereocenters. The van der Waals surface area contributed by atoms with Crippen molar-refractivity contribution in [2.45, 2.75) is 12.1 Å². The second-order valence-corrected chi connectivity index (χ2v) is 4.83. The Labute approximate surface area is 118 Å². The smallest absolute Gasteiger partial charge is 0.245 e. The summed E-state index contributed by atoms with van der Waals surface area (Å²) < 4.78 is 0. The van der Waals surface area contributed by atoms with E-state index in [2.05, 4.69) is 10.6 Å². The molecular formula is C14H21N3O3. The summed E-state index contributed by atoms with van der Waals surface area (Å²) in [5, 5.41) is 25.0. The van der Waals surface area contributed by atoms with Gasteiger partial charge >= 0.3 is 0 Å². The van der Waals surface area contributed by atoms with E-state index in [-0.39, 0.29) is 25.1 Å². The third-order valence-corrected chi connectivity index (χ3v) is 3.28. The molecule has 20 heavy (non-hydrogen) atoms. The number of hydrogen-bond donors (Lipinski definition) is 4. The summed E-state index contributed by atoms with van der Waals surface area (Å²) in [5.41, 5.74) is 0.720. The van der Waals surface area contributed by atoms with Crippen molar-refractivity contribution < 1.29 is 15.0 Å². The molecule has 110 valence electrons. The molecule has 0 saturated carbocycles. The highest BCUT2D eigenvalue weighted by Gasteiger charge is 2.27. The lowest BCUT2D eigenvalue weighted by Gasteiger charge is -2.31. The zero-order valence-corrected chi connectivity index (χ0v) is 11.3. The van der Waals surface area contributed by atoms with Gasteiger partial charge in [0, 0.05) is 25.3 Å². The van der Waals surface area contributed by atoms with Crippen LogP contribution >= 0.6 is 0 Å². The van der Waals surface area contributed by atoms with Crippen molar-refractivity contribution in [1.82, 2.24) is 10.6 Å². The molecule has 1 amide bonds. The van der Waals surface area contributed by atoms with Gasteiger partial charge in [-0.15, -0.1) is 0 Å². The summed E-state index contributed by atoms with van der Waals surface area (Å²) in [4.78, 5) is 14.1. The molecule has 6 nitrogen and oxygen atoms in total. The molecular weight excluding hydrogens is 258 g/mol. The van der Waals surface area contributed by atoms with Crippen LogP contribution in [0, 0.1) is 0 Å². The lowest BCUT2D eigenvalue weighted by atomic mass is 10.1. The van der Waals surface area contributed by atoms with Crippen LogP contribution in [-0.4, -0.2) is 61.1 Å². The molecule has 1 aromatic carbocycles. The lowest BCUT2D eigenvalue weighted by Crippen LogP contribution is -2.57. The van der Waals surface area contributed by atoms with E-state index in [1.54, 1.807) is 0 Å². The fraction of sp³-hybridized carbons (Fsp3) is 0.500. The zero-order chi connectivity index (χ0) is 14.4. The summed E-state index contributed by atoms with van der Waals surface area (Å²) in [6.45, 7) is 1.86. The van der Waals surface area contributed by atoms with Gasteiger partial charge in [0.25, 0.3) is 0 Å². The molecule has 0 aliphatic carbocycles. The van der Waals surface area contributed by atoms with E-state index in [1.807, 2.05) is 30.3 Å². The summed E-state index contributed by atoms with van der Waals surface area (Å²) in [7, 11) is 0. The predicted octanol–water partition coefficient (Wildman–Crippen LogP) is -1.07. The Morgan fingerprint density at radius 1 is 1.35 bits per heavy atom. The first-order chi connectivity index (χ1) is 9.72. The Kier molecular flexibility index (Phi) is 5.49. The summed E-state index contributed by atoms with van der Waals surface area (Å²) in [6, 6.07) is 8.88. The van der Waals surface area contributed by atoms with Crippen LogP contribution < -0.4 is 15.5 Å². The van der Waals surface area contributed by atoms with Crippen LogP contribution in [0.4, 0.5) is 5.69 Å². The van der Waals surface area contributed by atoms with E-state index in [9.17, 15) is 9.90 Å². The van der Waals surface area contributed by atoms with E-state index in [0.29, 0.717) is 6.54 Å². The Morgan fingerprint density at radius 2 is 2.10 bits per heavy atom. The highest BCUT2D eigenvalue weighted by Crippen LogP contribution is 2.15. The van der Waals surface area contributed by atoms with Gasteiger partial charge in [-0.25, -0.2) is 0 Å². The van der Waals surface area contributed by atoms with Crippen molar-refractivity contribution in [3.05, 3.63) is 30.3 Å². The van der Waals surface area contributed by atoms with Crippen molar-refractivity contribution in [2.75, 3.05) is 37.7 Å². The molecule has 6 heteroatoms. The number of piperazine rings is 1. The SMILES string of the molecule is O=C(C1CNCCN1)N(CC(O)CO)c1ccccc1. The third-order valence-electron chi connectivity index (χ3n) is 3.28. The number of carbonyl (C=O) groups excluding carboxylic acids is 1. The third kappa shape index (κ3) is 3.77. The van der Waals surface area contributed by atoms with Gasteiger partial charge in [-0.3, -0.25) is 4.79 Å². The fourth-order valence-electron chi connectivity index (χ4n) is 2.22. The predicted molar refractivity (Wildman–Crippen MR) is 76.5 cm³/mol. The molecule has 0 radical (unpaired) electrons. The molecule has 1 aliphatic heterocycles. The van der Waals surface area contributed by atoms with E-state index < -0.39 is 6.10 Å². The standard InChI is InChI=1S/C14H21N3O3/c18-10-12(19)9-17(11-4-2-1-3-5-11)14(20)13-8-15-6-7-16-13/h1-5,12-13,15-16,18-19H,6-10H2. The number of para-hydroxylation sites is 1. The quantitative estimate of drug-likeness (QED) is 0.552. The maximum Gasteiger partial charge on any atom is 0.245 e. The second kappa shape index (κ2) is 7.35. The molecule has 0 spiro atoms. The van der Waals surface area contributed by atoms with E-state index in [1.165, 1.54) is 4.90 Å². The van der Waals surface area contributed by atoms with Crippen LogP contribution in [0.3, 0.4) is 0 Å². The Morgan fingerprint density at radius 3 is 2.70 bits per heavy atom. The van der Waals surface area contributed by atoms with Crippen molar-refractivity contribution in [3.8, 4) is 0 Å². The Balaban J connectivity index is 2.14. The van der Waals surface area contributed by atoms with Crippen LogP contribution in [0.25, 0.3) is 0 Å². The lowest BCUT2D eigenvalue weighted by molar-refractivity contribution is -0.121. The molecule has 1 fully saturated rings. The first kappa shape index (κ1) is 14.9. The molecule has 2 atom stereocenters. The molecule has 1 saturated heterocycles. The molecule has 4 N–H and O–H groups in total. The second-order valence-electron chi connectivity index (χ2n) is 4.83. The Hall–Kier alpha value is -1.47. The number of aliphatic hydroxyl groups is 2. The maximum atomic E-state index is 12.6. The van der Waals surface area contributed by atoms with Crippen molar-refractivity contribution in [2.24, 2.45) is 0 Å². The van der Waals surface area contributed by atoms with Crippen molar-refractivity contribution >= 4 is 11.6 Å².